The Morgan fingerprint density at radius 3 is 2.75 bits per heavy atom. The summed E-state index contributed by atoms with van der Waals surface area (Å²) >= 11 is 1.79. The summed E-state index contributed by atoms with van der Waals surface area (Å²) in [5.41, 5.74) is 3.70. The van der Waals surface area contributed by atoms with Gasteiger partial charge < -0.3 is 10.2 Å². The number of nitrogens with one attached hydrogen (secondary N) is 1. The van der Waals surface area contributed by atoms with Crippen molar-refractivity contribution in [2.75, 3.05) is 20.1 Å². The first-order valence-corrected chi connectivity index (χ1v) is 8.86. The van der Waals surface area contributed by atoms with Gasteiger partial charge in [0.15, 0.2) is 0 Å². The minimum atomic E-state index is 0.524. The average molecular weight is 293 g/mol. The summed E-state index contributed by atoms with van der Waals surface area (Å²) in [6.45, 7) is 5.63. The Labute approximate surface area is 126 Å². The van der Waals surface area contributed by atoms with E-state index in [0.717, 1.165) is 12.6 Å². The van der Waals surface area contributed by atoms with Crippen molar-refractivity contribution in [1.29, 1.82) is 0 Å². The first-order valence-electron chi connectivity index (χ1n) is 7.98. The van der Waals surface area contributed by atoms with E-state index in [9.17, 15) is 0 Å². The van der Waals surface area contributed by atoms with Crippen LogP contribution in [0.15, 0.2) is 5.51 Å². The smallest absolute Gasteiger partial charge is 0.0798 e. The highest BCUT2D eigenvalue weighted by Gasteiger charge is 2.36. The Kier molecular flexibility index (Phi) is 4.43. The van der Waals surface area contributed by atoms with Crippen LogP contribution in [-0.2, 0) is 6.54 Å². The molecule has 2 aliphatic carbocycles. The second-order valence-electron chi connectivity index (χ2n) is 6.90. The first-order chi connectivity index (χ1) is 9.67. The van der Waals surface area contributed by atoms with Crippen molar-refractivity contribution in [2.24, 2.45) is 5.41 Å². The van der Waals surface area contributed by atoms with Crippen LogP contribution in [0.5, 0.6) is 0 Å². The Morgan fingerprint density at radius 1 is 1.40 bits per heavy atom. The Bertz CT molecular complexity index is 433. The maximum atomic E-state index is 4.37. The van der Waals surface area contributed by atoms with E-state index in [4.69, 9.17) is 0 Å². The predicted octanol–water partition coefficient (Wildman–Crippen LogP) is 3.20. The summed E-state index contributed by atoms with van der Waals surface area (Å²) in [5.74, 6) is 0. The molecular weight excluding hydrogens is 266 g/mol. The molecule has 20 heavy (non-hydrogen) atoms. The van der Waals surface area contributed by atoms with Gasteiger partial charge in [0.2, 0.25) is 0 Å². The third-order valence-corrected chi connectivity index (χ3v) is 5.79. The van der Waals surface area contributed by atoms with Crippen molar-refractivity contribution in [3.05, 3.63) is 16.1 Å². The standard InChI is InChI=1S/C16H27N3S/c1-13-15(20-12-18-13)9-19(2)11-16(7-3-4-8-16)10-17-14-5-6-14/h12,14,17H,3-11H2,1-2H3. The van der Waals surface area contributed by atoms with Gasteiger partial charge in [0.1, 0.15) is 0 Å². The quantitative estimate of drug-likeness (QED) is 0.837. The summed E-state index contributed by atoms with van der Waals surface area (Å²) in [6.07, 6.45) is 8.43. The first kappa shape index (κ1) is 14.5. The lowest BCUT2D eigenvalue weighted by Crippen LogP contribution is -2.41. The zero-order chi connectivity index (χ0) is 14.0. The minimum Gasteiger partial charge on any atom is -0.313 e. The van der Waals surface area contributed by atoms with Gasteiger partial charge in [-0.3, -0.25) is 0 Å². The van der Waals surface area contributed by atoms with Crippen molar-refractivity contribution in [3.8, 4) is 0 Å². The average Bonchev–Trinajstić information content (AvgIpc) is 3.02. The van der Waals surface area contributed by atoms with E-state index in [2.05, 4.69) is 29.2 Å². The molecule has 0 atom stereocenters. The van der Waals surface area contributed by atoms with Crippen molar-refractivity contribution >= 4 is 11.3 Å². The van der Waals surface area contributed by atoms with Crippen LogP contribution in [0.1, 0.15) is 49.1 Å². The number of thiazole rings is 1. The third-order valence-electron chi connectivity index (χ3n) is 4.87. The Morgan fingerprint density at radius 2 is 2.15 bits per heavy atom. The molecule has 0 unspecified atom stereocenters. The molecule has 0 radical (unpaired) electrons. The highest BCUT2D eigenvalue weighted by Crippen LogP contribution is 2.39. The molecule has 4 heteroatoms. The van der Waals surface area contributed by atoms with E-state index < -0.39 is 0 Å². The molecule has 2 aliphatic rings. The van der Waals surface area contributed by atoms with Crippen molar-refractivity contribution in [1.82, 2.24) is 15.2 Å². The highest BCUT2D eigenvalue weighted by atomic mass is 32.1. The van der Waals surface area contributed by atoms with Gasteiger partial charge in [0.05, 0.1) is 11.2 Å². The topological polar surface area (TPSA) is 28.2 Å². The van der Waals surface area contributed by atoms with Crippen LogP contribution in [-0.4, -0.2) is 36.1 Å². The molecule has 1 heterocycles. The van der Waals surface area contributed by atoms with Crippen molar-refractivity contribution in [2.45, 2.75) is 58.0 Å². The lowest BCUT2D eigenvalue weighted by Gasteiger charge is -2.34. The van der Waals surface area contributed by atoms with Gasteiger partial charge in [-0.05, 0) is 45.1 Å². The number of aryl methyl sites for hydroxylation is 1. The van der Waals surface area contributed by atoms with Crippen molar-refractivity contribution < 1.29 is 0 Å². The number of rotatable bonds is 7. The predicted molar refractivity (Wildman–Crippen MR) is 85.1 cm³/mol. The third kappa shape index (κ3) is 3.60. The van der Waals surface area contributed by atoms with Crippen LogP contribution in [0.2, 0.25) is 0 Å². The van der Waals surface area contributed by atoms with Crippen LogP contribution < -0.4 is 5.32 Å². The molecule has 3 nitrogen and oxygen atoms in total. The van der Waals surface area contributed by atoms with Crippen LogP contribution in [0.25, 0.3) is 0 Å². The fourth-order valence-corrected chi connectivity index (χ4v) is 4.37. The molecule has 2 saturated carbocycles. The maximum absolute atomic E-state index is 4.37. The van der Waals surface area contributed by atoms with Gasteiger partial charge in [0.25, 0.3) is 0 Å². The van der Waals surface area contributed by atoms with Gasteiger partial charge in [0, 0.05) is 30.6 Å². The minimum absolute atomic E-state index is 0.524. The van der Waals surface area contributed by atoms with Crippen LogP contribution in [0, 0.1) is 12.3 Å². The maximum Gasteiger partial charge on any atom is 0.0798 e. The number of hydrogen-bond acceptors (Lipinski definition) is 4. The highest BCUT2D eigenvalue weighted by molar-refractivity contribution is 7.09. The zero-order valence-corrected chi connectivity index (χ0v) is 13.6. The molecule has 0 aromatic carbocycles. The van der Waals surface area contributed by atoms with E-state index in [-0.39, 0.29) is 0 Å². The van der Waals surface area contributed by atoms with Gasteiger partial charge >= 0.3 is 0 Å². The second-order valence-corrected chi connectivity index (χ2v) is 7.83. The van der Waals surface area contributed by atoms with Crippen LogP contribution in [0.4, 0.5) is 0 Å². The molecule has 0 amide bonds. The fourth-order valence-electron chi connectivity index (χ4n) is 3.52. The number of hydrogen-bond donors (Lipinski definition) is 1. The van der Waals surface area contributed by atoms with Gasteiger partial charge in [-0.2, -0.15) is 0 Å². The molecule has 3 rings (SSSR count). The largest absolute Gasteiger partial charge is 0.313 e. The summed E-state index contributed by atoms with van der Waals surface area (Å²) in [6, 6.07) is 0.835. The Balaban J connectivity index is 1.56. The lowest BCUT2D eigenvalue weighted by molar-refractivity contribution is 0.168. The van der Waals surface area contributed by atoms with Crippen molar-refractivity contribution in [3.63, 3.8) is 0 Å². The SMILES string of the molecule is Cc1ncsc1CN(C)CC1(CNC2CC2)CCCC1. The molecule has 2 fully saturated rings. The number of nitrogens with zero attached hydrogens (tertiary/aromatic N) is 2. The molecule has 0 spiro atoms. The van der Waals surface area contributed by atoms with E-state index in [1.165, 1.54) is 62.2 Å². The monoisotopic (exact) mass is 293 g/mol. The molecule has 1 aromatic rings. The lowest BCUT2D eigenvalue weighted by atomic mass is 9.85. The van der Waals surface area contributed by atoms with Crippen LogP contribution >= 0.6 is 11.3 Å². The molecule has 1 N–H and O–H groups in total. The summed E-state index contributed by atoms with van der Waals surface area (Å²) in [4.78, 5) is 8.31. The van der Waals surface area contributed by atoms with Gasteiger partial charge in [-0.15, -0.1) is 11.3 Å². The zero-order valence-electron chi connectivity index (χ0n) is 12.8. The van der Waals surface area contributed by atoms with Crippen LogP contribution in [0.3, 0.4) is 0 Å². The molecule has 112 valence electrons. The number of aromatic nitrogens is 1. The van der Waals surface area contributed by atoms with E-state index in [1.807, 2.05) is 5.51 Å². The summed E-state index contributed by atoms with van der Waals surface area (Å²) < 4.78 is 0. The van der Waals surface area contributed by atoms with E-state index in [0.29, 0.717) is 5.41 Å². The summed E-state index contributed by atoms with van der Waals surface area (Å²) in [7, 11) is 2.27. The van der Waals surface area contributed by atoms with E-state index in [1.54, 1.807) is 11.3 Å². The van der Waals surface area contributed by atoms with Gasteiger partial charge in [-0.25, -0.2) is 4.98 Å². The molecule has 0 saturated heterocycles. The fraction of sp³-hybridized carbons (Fsp3) is 0.812. The van der Waals surface area contributed by atoms with E-state index >= 15 is 0 Å². The molecule has 0 aliphatic heterocycles. The molecule has 1 aromatic heterocycles. The molecule has 0 bridgehead atoms. The molecular formula is C16H27N3S. The van der Waals surface area contributed by atoms with Gasteiger partial charge in [-0.1, -0.05) is 12.8 Å². The Hall–Kier alpha value is -0.450. The normalized spacial score (nSPS) is 21.8. The second kappa shape index (κ2) is 6.12. The summed E-state index contributed by atoms with van der Waals surface area (Å²) in [5, 5.41) is 3.78.